The number of hydrogen-bond acceptors (Lipinski definition) is 2. The Morgan fingerprint density at radius 2 is 2.05 bits per heavy atom. The Morgan fingerprint density at radius 3 is 2.79 bits per heavy atom. The van der Waals surface area contributed by atoms with Crippen LogP contribution in [0, 0.1) is 0 Å². The van der Waals surface area contributed by atoms with Gasteiger partial charge in [-0.2, -0.15) is 13.2 Å². The Balaban J connectivity index is 2.10. The molecule has 5 heteroatoms. The van der Waals surface area contributed by atoms with E-state index in [2.05, 4.69) is 5.32 Å². The molecule has 1 aromatic rings. The number of halogens is 3. The monoisotopic (exact) mass is 272 g/mol. The van der Waals surface area contributed by atoms with Crippen LogP contribution in [0.1, 0.15) is 30.0 Å². The van der Waals surface area contributed by atoms with Crippen molar-refractivity contribution in [1.82, 2.24) is 10.2 Å². The second-order valence-electron chi connectivity index (χ2n) is 5.03. The number of nitrogens with one attached hydrogen (secondary N) is 1. The molecule has 0 bridgehead atoms. The van der Waals surface area contributed by atoms with Crippen LogP contribution in [0.3, 0.4) is 0 Å². The minimum Gasteiger partial charge on any atom is -0.313 e. The molecule has 0 fully saturated rings. The van der Waals surface area contributed by atoms with Gasteiger partial charge in [0.25, 0.3) is 0 Å². The molecule has 0 amide bonds. The van der Waals surface area contributed by atoms with Gasteiger partial charge in [-0.05, 0) is 31.1 Å². The summed E-state index contributed by atoms with van der Waals surface area (Å²) in [6.07, 6.45) is -4.00. The van der Waals surface area contributed by atoms with Crippen molar-refractivity contribution >= 4 is 0 Å². The highest BCUT2D eigenvalue weighted by Crippen LogP contribution is 2.29. The first-order valence-corrected chi connectivity index (χ1v) is 6.53. The predicted octanol–water partition coefficient (Wildman–Crippen LogP) is 3.11. The Hall–Kier alpha value is -1.07. The molecular formula is C14H19F3N2. The fourth-order valence-electron chi connectivity index (χ4n) is 2.55. The fourth-order valence-corrected chi connectivity index (χ4v) is 2.55. The molecule has 19 heavy (non-hydrogen) atoms. The summed E-state index contributed by atoms with van der Waals surface area (Å²) in [7, 11) is 1.78. The molecule has 1 heterocycles. The van der Waals surface area contributed by atoms with Crippen molar-refractivity contribution in [3.63, 3.8) is 0 Å². The second-order valence-corrected chi connectivity index (χ2v) is 5.03. The third kappa shape index (κ3) is 3.94. The quantitative estimate of drug-likeness (QED) is 0.909. The summed E-state index contributed by atoms with van der Waals surface area (Å²) in [6.45, 7) is 1.66. The molecule has 1 unspecified atom stereocenters. The first-order chi connectivity index (χ1) is 8.97. The van der Waals surface area contributed by atoms with Crippen LogP contribution in [0.25, 0.3) is 0 Å². The maximum absolute atomic E-state index is 12.3. The Kier molecular flexibility index (Phi) is 4.47. The molecule has 1 aliphatic heterocycles. The van der Waals surface area contributed by atoms with E-state index >= 15 is 0 Å². The van der Waals surface area contributed by atoms with Crippen LogP contribution in [-0.2, 0) is 6.54 Å². The zero-order valence-corrected chi connectivity index (χ0v) is 11.0. The van der Waals surface area contributed by atoms with Gasteiger partial charge in [-0.3, -0.25) is 4.90 Å². The summed E-state index contributed by atoms with van der Waals surface area (Å²) in [5.41, 5.74) is 2.33. The lowest BCUT2D eigenvalue weighted by Crippen LogP contribution is -2.29. The molecule has 0 aliphatic carbocycles. The summed E-state index contributed by atoms with van der Waals surface area (Å²) in [6, 6.07) is 8.05. The maximum Gasteiger partial charge on any atom is 0.390 e. The Morgan fingerprint density at radius 1 is 1.32 bits per heavy atom. The minimum absolute atomic E-state index is 0.0441. The van der Waals surface area contributed by atoms with Gasteiger partial charge in [-0.15, -0.1) is 0 Å². The third-order valence-electron chi connectivity index (χ3n) is 3.60. The van der Waals surface area contributed by atoms with Gasteiger partial charge < -0.3 is 5.32 Å². The van der Waals surface area contributed by atoms with Crippen molar-refractivity contribution < 1.29 is 13.2 Å². The number of rotatable bonds is 3. The van der Waals surface area contributed by atoms with Crippen LogP contribution in [0.4, 0.5) is 13.2 Å². The summed E-state index contributed by atoms with van der Waals surface area (Å²) in [5, 5.41) is 3.31. The first-order valence-electron chi connectivity index (χ1n) is 6.53. The third-order valence-corrected chi connectivity index (χ3v) is 3.60. The molecule has 1 aromatic carbocycles. The van der Waals surface area contributed by atoms with E-state index in [4.69, 9.17) is 0 Å². The van der Waals surface area contributed by atoms with Crippen LogP contribution >= 0.6 is 0 Å². The highest BCUT2D eigenvalue weighted by atomic mass is 19.4. The predicted molar refractivity (Wildman–Crippen MR) is 68.8 cm³/mol. The van der Waals surface area contributed by atoms with E-state index in [1.807, 2.05) is 29.2 Å². The molecular weight excluding hydrogens is 253 g/mol. The topological polar surface area (TPSA) is 15.3 Å². The summed E-state index contributed by atoms with van der Waals surface area (Å²) < 4.78 is 37.0. The highest BCUT2D eigenvalue weighted by molar-refractivity contribution is 5.31. The van der Waals surface area contributed by atoms with Crippen LogP contribution in [0.5, 0.6) is 0 Å². The molecule has 0 saturated heterocycles. The van der Waals surface area contributed by atoms with Gasteiger partial charge in [-0.25, -0.2) is 0 Å². The standard InChI is InChI=1S/C14H19F3N2/c1-19(9-7-14(15,16)17)13-6-8-18-10-11-4-2-3-5-12(11)13/h2-5,13,18H,6-10H2,1H3. The van der Waals surface area contributed by atoms with Gasteiger partial charge in [0.2, 0.25) is 0 Å². The molecule has 2 rings (SSSR count). The summed E-state index contributed by atoms with van der Waals surface area (Å²) in [5.74, 6) is 0. The minimum atomic E-state index is -4.09. The van der Waals surface area contributed by atoms with Crippen LogP contribution in [0.2, 0.25) is 0 Å². The Labute approximate surface area is 111 Å². The maximum atomic E-state index is 12.3. The number of nitrogens with zero attached hydrogens (tertiary/aromatic N) is 1. The van der Waals surface area contributed by atoms with Crippen molar-refractivity contribution in [3.8, 4) is 0 Å². The van der Waals surface area contributed by atoms with E-state index in [9.17, 15) is 13.2 Å². The van der Waals surface area contributed by atoms with Crippen LogP contribution in [0.15, 0.2) is 24.3 Å². The number of benzene rings is 1. The largest absolute Gasteiger partial charge is 0.390 e. The van der Waals surface area contributed by atoms with Crippen molar-refractivity contribution in [3.05, 3.63) is 35.4 Å². The van der Waals surface area contributed by atoms with Crippen molar-refractivity contribution in [1.29, 1.82) is 0 Å². The van der Waals surface area contributed by atoms with E-state index < -0.39 is 12.6 Å². The molecule has 0 aromatic heterocycles. The lowest BCUT2D eigenvalue weighted by molar-refractivity contribution is -0.138. The molecule has 1 aliphatic rings. The molecule has 0 spiro atoms. The SMILES string of the molecule is CN(CCC(F)(F)F)C1CCNCc2ccccc21. The normalized spacial score (nSPS) is 20.2. The van der Waals surface area contributed by atoms with Crippen LogP contribution < -0.4 is 5.32 Å². The van der Waals surface area contributed by atoms with E-state index in [1.54, 1.807) is 7.05 Å². The lowest BCUT2D eigenvalue weighted by Gasteiger charge is -2.28. The van der Waals surface area contributed by atoms with Gasteiger partial charge in [0.1, 0.15) is 0 Å². The van der Waals surface area contributed by atoms with Gasteiger partial charge in [0.15, 0.2) is 0 Å². The summed E-state index contributed by atoms with van der Waals surface area (Å²) in [4.78, 5) is 1.82. The Bertz CT molecular complexity index is 417. The second kappa shape index (κ2) is 5.92. The highest BCUT2D eigenvalue weighted by Gasteiger charge is 2.29. The molecule has 2 nitrogen and oxygen atoms in total. The summed E-state index contributed by atoms with van der Waals surface area (Å²) >= 11 is 0. The fraction of sp³-hybridized carbons (Fsp3) is 0.571. The number of alkyl halides is 3. The van der Waals surface area contributed by atoms with Crippen molar-refractivity contribution in [2.24, 2.45) is 0 Å². The zero-order valence-electron chi connectivity index (χ0n) is 11.0. The first kappa shape index (κ1) is 14.3. The molecule has 0 saturated carbocycles. The number of fused-ring (bicyclic) bond motifs is 1. The van der Waals surface area contributed by atoms with E-state index in [-0.39, 0.29) is 12.6 Å². The molecule has 106 valence electrons. The van der Waals surface area contributed by atoms with Gasteiger partial charge >= 0.3 is 6.18 Å². The molecule has 1 N–H and O–H groups in total. The van der Waals surface area contributed by atoms with Crippen molar-refractivity contribution in [2.75, 3.05) is 20.1 Å². The average Bonchev–Trinajstić information content (AvgIpc) is 2.57. The van der Waals surface area contributed by atoms with E-state index in [0.717, 1.165) is 25.1 Å². The zero-order chi connectivity index (χ0) is 13.9. The average molecular weight is 272 g/mol. The van der Waals surface area contributed by atoms with Crippen molar-refractivity contribution in [2.45, 2.75) is 31.6 Å². The van der Waals surface area contributed by atoms with Crippen LogP contribution in [-0.4, -0.2) is 31.2 Å². The van der Waals surface area contributed by atoms with Gasteiger partial charge in [0.05, 0.1) is 6.42 Å². The molecule has 0 radical (unpaired) electrons. The number of hydrogen-bond donors (Lipinski definition) is 1. The van der Waals surface area contributed by atoms with Gasteiger partial charge in [0, 0.05) is 19.1 Å². The molecule has 1 atom stereocenters. The van der Waals surface area contributed by atoms with E-state index in [1.165, 1.54) is 5.56 Å². The lowest BCUT2D eigenvalue weighted by atomic mass is 9.98. The van der Waals surface area contributed by atoms with E-state index in [0.29, 0.717) is 0 Å². The smallest absolute Gasteiger partial charge is 0.313 e. The van der Waals surface area contributed by atoms with Gasteiger partial charge in [-0.1, -0.05) is 24.3 Å².